The van der Waals surface area contributed by atoms with Gasteiger partial charge in [-0.1, -0.05) is 11.6 Å². The van der Waals surface area contributed by atoms with E-state index in [1.807, 2.05) is 11.9 Å². The summed E-state index contributed by atoms with van der Waals surface area (Å²) in [5.74, 6) is 0.513. The van der Waals surface area contributed by atoms with Crippen LogP contribution in [0.3, 0.4) is 0 Å². The standard InChI is InChI=1S/C18H20ClN3O4/c1-13(18(23)20-15-5-7-16(8-6-15)22(24)25)21(2)11-12-26-17-9-3-14(19)4-10-17/h3-10,13H,11-12H2,1-2H3,(H,20,23). The Bertz CT molecular complexity index is 750. The lowest BCUT2D eigenvalue weighted by atomic mass is 10.2. The van der Waals surface area contributed by atoms with Gasteiger partial charge in [-0.25, -0.2) is 0 Å². The minimum absolute atomic E-state index is 0.0208. The molecule has 2 rings (SSSR count). The summed E-state index contributed by atoms with van der Waals surface area (Å²) in [6.07, 6.45) is 0. The molecule has 0 aliphatic heterocycles. The molecule has 0 fully saturated rings. The number of benzene rings is 2. The van der Waals surface area contributed by atoms with Crippen LogP contribution >= 0.6 is 11.6 Å². The van der Waals surface area contributed by atoms with Gasteiger partial charge in [0.25, 0.3) is 5.69 Å². The lowest BCUT2D eigenvalue weighted by Gasteiger charge is -2.23. The highest BCUT2D eigenvalue weighted by molar-refractivity contribution is 6.30. The predicted octanol–water partition coefficient (Wildman–Crippen LogP) is 3.59. The number of hydrogen-bond acceptors (Lipinski definition) is 5. The number of anilines is 1. The molecule has 2 aromatic carbocycles. The van der Waals surface area contributed by atoms with Crippen LogP contribution in [0.25, 0.3) is 0 Å². The molecule has 1 N–H and O–H groups in total. The second-order valence-corrected chi connectivity index (χ2v) is 6.19. The monoisotopic (exact) mass is 377 g/mol. The van der Waals surface area contributed by atoms with Crippen LogP contribution < -0.4 is 10.1 Å². The summed E-state index contributed by atoms with van der Waals surface area (Å²) in [6.45, 7) is 2.76. The lowest BCUT2D eigenvalue weighted by molar-refractivity contribution is -0.384. The fourth-order valence-corrected chi connectivity index (χ4v) is 2.27. The van der Waals surface area contributed by atoms with Gasteiger partial charge in [0.2, 0.25) is 5.91 Å². The molecule has 0 heterocycles. The van der Waals surface area contributed by atoms with Crippen LogP contribution in [-0.2, 0) is 4.79 Å². The highest BCUT2D eigenvalue weighted by atomic mass is 35.5. The van der Waals surface area contributed by atoms with E-state index in [1.165, 1.54) is 24.3 Å². The number of hydrogen-bond donors (Lipinski definition) is 1. The van der Waals surface area contributed by atoms with E-state index in [9.17, 15) is 14.9 Å². The first-order valence-corrected chi connectivity index (χ1v) is 8.38. The van der Waals surface area contributed by atoms with Crippen molar-refractivity contribution in [2.45, 2.75) is 13.0 Å². The number of likely N-dealkylation sites (N-methyl/N-ethyl adjacent to an activating group) is 1. The second-order valence-electron chi connectivity index (χ2n) is 5.75. The van der Waals surface area contributed by atoms with E-state index in [4.69, 9.17) is 16.3 Å². The van der Waals surface area contributed by atoms with E-state index in [0.29, 0.717) is 29.6 Å². The summed E-state index contributed by atoms with van der Waals surface area (Å²) in [6, 6.07) is 12.4. The molecule has 1 amide bonds. The lowest BCUT2D eigenvalue weighted by Crippen LogP contribution is -2.41. The Kier molecular flexibility index (Phi) is 6.94. The van der Waals surface area contributed by atoms with Crippen LogP contribution in [0, 0.1) is 10.1 Å². The fraction of sp³-hybridized carbons (Fsp3) is 0.278. The van der Waals surface area contributed by atoms with E-state index in [1.54, 1.807) is 31.2 Å². The Labute approximate surface area is 156 Å². The third-order valence-electron chi connectivity index (χ3n) is 3.91. The number of halogens is 1. The summed E-state index contributed by atoms with van der Waals surface area (Å²) >= 11 is 5.82. The van der Waals surface area contributed by atoms with Crippen molar-refractivity contribution in [2.75, 3.05) is 25.5 Å². The normalized spacial score (nSPS) is 11.8. The van der Waals surface area contributed by atoms with Gasteiger partial charge in [0, 0.05) is 29.4 Å². The minimum atomic E-state index is -0.483. The second kappa shape index (κ2) is 9.17. The zero-order chi connectivity index (χ0) is 19.1. The minimum Gasteiger partial charge on any atom is -0.492 e. The maximum absolute atomic E-state index is 12.3. The maximum atomic E-state index is 12.3. The average Bonchev–Trinajstić information content (AvgIpc) is 2.63. The molecule has 7 nitrogen and oxygen atoms in total. The molecule has 0 bridgehead atoms. The summed E-state index contributed by atoms with van der Waals surface area (Å²) in [5, 5.41) is 14.0. The summed E-state index contributed by atoms with van der Waals surface area (Å²) < 4.78 is 5.62. The van der Waals surface area contributed by atoms with Crippen molar-refractivity contribution >= 4 is 28.9 Å². The molecular formula is C18H20ClN3O4. The zero-order valence-electron chi connectivity index (χ0n) is 14.5. The number of carbonyl (C=O) groups excluding carboxylic acids is 1. The quantitative estimate of drug-likeness (QED) is 0.561. The van der Waals surface area contributed by atoms with Gasteiger partial charge in [-0.3, -0.25) is 19.8 Å². The topological polar surface area (TPSA) is 84.7 Å². The van der Waals surface area contributed by atoms with Gasteiger partial charge >= 0.3 is 0 Å². The van der Waals surface area contributed by atoms with E-state index >= 15 is 0 Å². The smallest absolute Gasteiger partial charge is 0.269 e. The van der Waals surface area contributed by atoms with Crippen molar-refractivity contribution in [3.8, 4) is 5.75 Å². The molecular weight excluding hydrogens is 358 g/mol. The number of nitro benzene ring substituents is 1. The number of non-ortho nitro benzene ring substituents is 1. The first kappa shape index (κ1) is 19.7. The fourth-order valence-electron chi connectivity index (χ4n) is 2.15. The number of rotatable bonds is 8. The van der Waals surface area contributed by atoms with Crippen LogP contribution in [0.4, 0.5) is 11.4 Å². The Balaban J connectivity index is 1.80. The number of nitrogens with one attached hydrogen (secondary N) is 1. The Hall–Kier alpha value is -2.64. The van der Waals surface area contributed by atoms with Crippen molar-refractivity contribution in [1.82, 2.24) is 4.90 Å². The zero-order valence-corrected chi connectivity index (χ0v) is 15.3. The van der Waals surface area contributed by atoms with Gasteiger partial charge in [-0.05, 0) is 50.4 Å². The number of nitrogens with zero attached hydrogens (tertiary/aromatic N) is 2. The Morgan fingerprint density at radius 2 is 1.85 bits per heavy atom. The van der Waals surface area contributed by atoms with Gasteiger partial charge < -0.3 is 10.1 Å². The van der Waals surface area contributed by atoms with Crippen LogP contribution in [0.5, 0.6) is 5.75 Å². The van der Waals surface area contributed by atoms with Crippen LogP contribution in [0.2, 0.25) is 5.02 Å². The van der Waals surface area contributed by atoms with Crippen LogP contribution in [-0.4, -0.2) is 42.0 Å². The van der Waals surface area contributed by atoms with Gasteiger partial charge in [0.05, 0.1) is 11.0 Å². The summed E-state index contributed by atoms with van der Waals surface area (Å²) in [5.41, 5.74) is 0.491. The first-order chi connectivity index (χ1) is 12.4. The Morgan fingerprint density at radius 3 is 2.42 bits per heavy atom. The molecule has 2 aromatic rings. The van der Waals surface area contributed by atoms with Gasteiger partial charge in [-0.2, -0.15) is 0 Å². The van der Waals surface area contributed by atoms with Crippen molar-refractivity contribution in [3.05, 3.63) is 63.7 Å². The van der Waals surface area contributed by atoms with Crippen molar-refractivity contribution in [3.63, 3.8) is 0 Å². The largest absolute Gasteiger partial charge is 0.492 e. The summed E-state index contributed by atoms with van der Waals surface area (Å²) in [7, 11) is 1.82. The SMILES string of the molecule is CC(C(=O)Nc1ccc([N+](=O)[O-])cc1)N(C)CCOc1ccc(Cl)cc1. The first-order valence-electron chi connectivity index (χ1n) is 8.01. The molecule has 0 saturated carbocycles. The molecule has 8 heteroatoms. The summed E-state index contributed by atoms with van der Waals surface area (Å²) in [4.78, 5) is 24.3. The molecule has 0 saturated heterocycles. The molecule has 0 aliphatic rings. The molecule has 138 valence electrons. The number of ether oxygens (including phenoxy) is 1. The third kappa shape index (κ3) is 5.72. The van der Waals surface area contributed by atoms with Crippen LogP contribution in [0.1, 0.15) is 6.92 Å². The molecule has 1 unspecified atom stereocenters. The van der Waals surface area contributed by atoms with E-state index < -0.39 is 4.92 Å². The highest BCUT2D eigenvalue weighted by Gasteiger charge is 2.18. The van der Waals surface area contributed by atoms with E-state index in [0.717, 1.165) is 0 Å². The number of nitro groups is 1. The van der Waals surface area contributed by atoms with Gasteiger partial charge in [0.1, 0.15) is 12.4 Å². The average molecular weight is 378 g/mol. The number of carbonyl (C=O) groups is 1. The molecule has 26 heavy (non-hydrogen) atoms. The van der Waals surface area contributed by atoms with Crippen molar-refractivity contribution in [2.24, 2.45) is 0 Å². The van der Waals surface area contributed by atoms with Gasteiger partial charge in [0.15, 0.2) is 0 Å². The maximum Gasteiger partial charge on any atom is 0.269 e. The van der Waals surface area contributed by atoms with E-state index in [2.05, 4.69) is 5.32 Å². The third-order valence-corrected chi connectivity index (χ3v) is 4.16. The van der Waals surface area contributed by atoms with Crippen molar-refractivity contribution < 1.29 is 14.5 Å². The van der Waals surface area contributed by atoms with E-state index in [-0.39, 0.29) is 17.6 Å². The predicted molar refractivity (Wildman–Crippen MR) is 101 cm³/mol. The molecule has 0 aromatic heterocycles. The van der Waals surface area contributed by atoms with Gasteiger partial charge in [-0.15, -0.1) is 0 Å². The molecule has 0 spiro atoms. The molecule has 0 radical (unpaired) electrons. The number of amides is 1. The molecule has 0 aliphatic carbocycles. The Morgan fingerprint density at radius 1 is 1.23 bits per heavy atom. The highest BCUT2D eigenvalue weighted by Crippen LogP contribution is 2.17. The van der Waals surface area contributed by atoms with Crippen molar-refractivity contribution in [1.29, 1.82) is 0 Å². The molecule has 1 atom stereocenters. The van der Waals surface area contributed by atoms with Crippen LogP contribution in [0.15, 0.2) is 48.5 Å².